The van der Waals surface area contributed by atoms with Crippen molar-refractivity contribution in [2.24, 2.45) is 0 Å². The molecule has 0 radical (unpaired) electrons. The molecule has 0 fully saturated rings. The zero-order chi connectivity index (χ0) is 22.3. The van der Waals surface area contributed by atoms with E-state index in [0.29, 0.717) is 22.9 Å². The standard InChI is InChI=1S/C25H26N2O3S/c1-16(2)19-12-13-23-21(14-19)20-9-5-6-11-24(20)31(29,30)27(23)15-25(28)26-22-10-7-8-17(3)18(22)4/h5-14,16H,15H2,1-4H3,(H,26,28). The molecule has 3 aromatic rings. The molecule has 31 heavy (non-hydrogen) atoms. The smallest absolute Gasteiger partial charge is 0.265 e. The molecule has 0 saturated carbocycles. The van der Waals surface area contributed by atoms with E-state index in [1.807, 2.05) is 62.4 Å². The summed E-state index contributed by atoms with van der Waals surface area (Å²) in [5.74, 6) is -0.0763. The van der Waals surface area contributed by atoms with Crippen LogP contribution in [0.25, 0.3) is 11.1 Å². The van der Waals surface area contributed by atoms with E-state index in [1.54, 1.807) is 12.1 Å². The van der Waals surface area contributed by atoms with E-state index in [0.717, 1.165) is 22.3 Å². The first kappa shape index (κ1) is 21.1. The van der Waals surface area contributed by atoms with Gasteiger partial charge in [-0.15, -0.1) is 0 Å². The van der Waals surface area contributed by atoms with Gasteiger partial charge < -0.3 is 5.32 Å². The molecule has 1 N–H and O–H groups in total. The van der Waals surface area contributed by atoms with Crippen LogP contribution in [0.15, 0.2) is 65.6 Å². The molecule has 0 bridgehead atoms. The molecular weight excluding hydrogens is 408 g/mol. The maximum Gasteiger partial charge on any atom is 0.265 e. The molecule has 0 spiro atoms. The van der Waals surface area contributed by atoms with Crippen LogP contribution in [-0.2, 0) is 14.8 Å². The van der Waals surface area contributed by atoms with E-state index in [4.69, 9.17) is 0 Å². The van der Waals surface area contributed by atoms with Gasteiger partial charge in [0.1, 0.15) is 6.54 Å². The van der Waals surface area contributed by atoms with Crippen LogP contribution < -0.4 is 9.62 Å². The lowest BCUT2D eigenvalue weighted by Crippen LogP contribution is -2.40. The number of rotatable bonds is 4. The van der Waals surface area contributed by atoms with Gasteiger partial charge in [-0.2, -0.15) is 0 Å². The van der Waals surface area contributed by atoms with E-state index in [-0.39, 0.29) is 17.3 Å². The van der Waals surface area contributed by atoms with Gasteiger partial charge in [-0.25, -0.2) is 8.42 Å². The van der Waals surface area contributed by atoms with Gasteiger partial charge in [0.2, 0.25) is 5.91 Å². The quantitative estimate of drug-likeness (QED) is 0.611. The Balaban J connectivity index is 1.76. The summed E-state index contributed by atoms with van der Waals surface area (Å²) in [6, 6.07) is 18.4. The summed E-state index contributed by atoms with van der Waals surface area (Å²) in [5, 5.41) is 2.88. The Kier molecular flexibility index (Phi) is 5.35. The summed E-state index contributed by atoms with van der Waals surface area (Å²) in [4.78, 5) is 13.1. The zero-order valence-electron chi connectivity index (χ0n) is 18.1. The molecule has 0 atom stereocenters. The van der Waals surface area contributed by atoms with Crippen molar-refractivity contribution < 1.29 is 13.2 Å². The topological polar surface area (TPSA) is 66.5 Å². The number of carbonyl (C=O) groups excluding carboxylic acids is 1. The minimum Gasteiger partial charge on any atom is -0.324 e. The fourth-order valence-electron chi connectivity index (χ4n) is 3.89. The Bertz CT molecular complexity index is 1280. The SMILES string of the molecule is Cc1cccc(NC(=O)CN2c3ccc(C(C)C)cc3-c3ccccc3S2(=O)=O)c1C. The minimum atomic E-state index is -3.86. The second-order valence-electron chi connectivity index (χ2n) is 8.23. The number of sulfonamides is 1. The van der Waals surface area contributed by atoms with Gasteiger partial charge in [0, 0.05) is 16.8 Å². The number of hydrogen-bond donors (Lipinski definition) is 1. The number of nitrogens with one attached hydrogen (secondary N) is 1. The number of anilines is 2. The highest BCUT2D eigenvalue weighted by Gasteiger charge is 2.36. The molecule has 160 valence electrons. The number of nitrogens with zero attached hydrogens (tertiary/aromatic N) is 1. The lowest BCUT2D eigenvalue weighted by molar-refractivity contribution is -0.114. The number of hydrogen-bond acceptors (Lipinski definition) is 3. The second kappa shape index (κ2) is 7.85. The predicted molar refractivity (Wildman–Crippen MR) is 125 cm³/mol. The molecule has 1 aliphatic rings. The second-order valence-corrected chi connectivity index (χ2v) is 10.1. The predicted octanol–water partition coefficient (Wildman–Crippen LogP) is 5.24. The maximum absolute atomic E-state index is 13.4. The number of fused-ring (bicyclic) bond motifs is 3. The molecule has 1 amide bonds. The molecule has 0 aliphatic carbocycles. The van der Waals surface area contributed by atoms with Crippen LogP contribution in [0.3, 0.4) is 0 Å². The van der Waals surface area contributed by atoms with Crippen molar-refractivity contribution in [3.8, 4) is 11.1 Å². The molecule has 3 aromatic carbocycles. The van der Waals surface area contributed by atoms with Crippen molar-refractivity contribution >= 4 is 27.3 Å². The fraction of sp³-hybridized carbons (Fsp3) is 0.240. The number of carbonyl (C=O) groups is 1. The highest BCUT2D eigenvalue weighted by atomic mass is 32.2. The van der Waals surface area contributed by atoms with Crippen LogP contribution in [0.2, 0.25) is 0 Å². The Morgan fingerprint density at radius 3 is 2.45 bits per heavy atom. The monoisotopic (exact) mass is 434 g/mol. The van der Waals surface area contributed by atoms with Crippen LogP contribution in [0, 0.1) is 13.8 Å². The van der Waals surface area contributed by atoms with Crippen LogP contribution >= 0.6 is 0 Å². The van der Waals surface area contributed by atoms with Crippen molar-refractivity contribution in [2.75, 3.05) is 16.2 Å². The third-order valence-electron chi connectivity index (χ3n) is 5.87. The zero-order valence-corrected chi connectivity index (χ0v) is 19.0. The first-order valence-corrected chi connectivity index (χ1v) is 11.8. The maximum atomic E-state index is 13.4. The van der Waals surface area contributed by atoms with Gasteiger partial charge in [-0.05, 0) is 60.7 Å². The van der Waals surface area contributed by atoms with Crippen molar-refractivity contribution in [1.82, 2.24) is 0 Å². The van der Waals surface area contributed by atoms with Gasteiger partial charge in [0.05, 0.1) is 10.6 Å². The molecule has 1 heterocycles. The van der Waals surface area contributed by atoms with Gasteiger partial charge in [0.15, 0.2) is 0 Å². The van der Waals surface area contributed by atoms with E-state index in [1.165, 1.54) is 4.31 Å². The Morgan fingerprint density at radius 2 is 1.71 bits per heavy atom. The van der Waals surface area contributed by atoms with Crippen LogP contribution in [0.5, 0.6) is 0 Å². The molecule has 0 aromatic heterocycles. The van der Waals surface area contributed by atoms with Gasteiger partial charge in [0.25, 0.3) is 10.0 Å². The van der Waals surface area contributed by atoms with Crippen LogP contribution in [-0.4, -0.2) is 20.9 Å². The first-order valence-electron chi connectivity index (χ1n) is 10.3. The summed E-state index contributed by atoms with van der Waals surface area (Å²) in [6.45, 7) is 7.81. The van der Waals surface area contributed by atoms with Gasteiger partial charge in [-0.3, -0.25) is 9.10 Å². The van der Waals surface area contributed by atoms with E-state index < -0.39 is 10.0 Å². The van der Waals surface area contributed by atoms with Crippen LogP contribution in [0.4, 0.5) is 11.4 Å². The summed E-state index contributed by atoms with van der Waals surface area (Å²) >= 11 is 0. The summed E-state index contributed by atoms with van der Waals surface area (Å²) in [6.07, 6.45) is 0. The fourth-order valence-corrected chi connectivity index (χ4v) is 5.53. The van der Waals surface area contributed by atoms with E-state index in [9.17, 15) is 13.2 Å². The number of benzene rings is 3. The molecule has 6 heteroatoms. The number of amides is 1. The van der Waals surface area contributed by atoms with Crippen molar-refractivity contribution in [3.05, 3.63) is 77.4 Å². The lowest BCUT2D eigenvalue weighted by Gasteiger charge is -2.32. The Labute approximate surface area is 183 Å². The normalized spacial score (nSPS) is 14.2. The summed E-state index contributed by atoms with van der Waals surface area (Å²) < 4.78 is 28.1. The van der Waals surface area contributed by atoms with Crippen LogP contribution in [0.1, 0.15) is 36.5 Å². The third-order valence-corrected chi connectivity index (χ3v) is 7.69. The number of aryl methyl sites for hydroxylation is 1. The molecular formula is C25H26N2O3S. The average Bonchev–Trinajstić information content (AvgIpc) is 2.74. The third kappa shape index (κ3) is 3.72. The Morgan fingerprint density at radius 1 is 0.968 bits per heavy atom. The first-order chi connectivity index (χ1) is 14.7. The molecule has 0 saturated heterocycles. The van der Waals surface area contributed by atoms with Crippen molar-refractivity contribution in [2.45, 2.75) is 38.5 Å². The molecule has 4 rings (SSSR count). The largest absolute Gasteiger partial charge is 0.324 e. The summed E-state index contributed by atoms with van der Waals surface area (Å²) in [5.41, 5.74) is 5.86. The van der Waals surface area contributed by atoms with E-state index in [2.05, 4.69) is 19.2 Å². The highest BCUT2D eigenvalue weighted by Crippen LogP contribution is 2.44. The van der Waals surface area contributed by atoms with Crippen molar-refractivity contribution in [3.63, 3.8) is 0 Å². The van der Waals surface area contributed by atoms with Gasteiger partial charge in [-0.1, -0.05) is 50.2 Å². The highest BCUT2D eigenvalue weighted by molar-refractivity contribution is 7.93. The van der Waals surface area contributed by atoms with E-state index >= 15 is 0 Å². The summed E-state index contributed by atoms with van der Waals surface area (Å²) in [7, 11) is -3.86. The average molecular weight is 435 g/mol. The van der Waals surface area contributed by atoms with Gasteiger partial charge >= 0.3 is 0 Å². The lowest BCUT2D eigenvalue weighted by atomic mass is 9.95. The minimum absolute atomic E-state index is 0.225. The molecule has 0 unspecified atom stereocenters. The molecule has 5 nitrogen and oxygen atoms in total. The van der Waals surface area contributed by atoms with Crippen molar-refractivity contribution in [1.29, 1.82) is 0 Å². The Hall–Kier alpha value is -3.12. The molecule has 1 aliphatic heterocycles.